The van der Waals surface area contributed by atoms with Crippen LogP contribution < -0.4 is 24.9 Å². The number of hydrogen-bond acceptors (Lipinski definition) is 9. The average Bonchev–Trinajstić information content (AvgIpc) is 3.44. The van der Waals surface area contributed by atoms with Crippen LogP contribution in [-0.4, -0.2) is 66.8 Å². The maximum atomic E-state index is 12.5. The van der Waals surface area contributed by atoms with Crippen LogP contribution in [0.25, 0.3) is 6.08 Å². The smallest absolute Gasteiger partial charge is 0.311 e. The number of morpholine rings is 1. The zero-order valence-corrected chi connectivity index (χ0v) is 20.6. The van der Waals surface area contributed by atoms with Crippen LogP contribution in [0.1, 0.15) is 10.4 Å². The van der Waals surface area contributed by atoms with Crippen molar-refractivity contribution in [3.8, 4) is 17.4 Å². The Bertz CT molecular complexity index is 1530. The molecule has 5 rings (SSSR count). The minimum Gasteiger partial charge on any atom is -0.493 e. The van der Waals surface area contributed by atoms with E-state index in [9.17, 15) is 14.7 Å². The van der Waals surface area contributed by atoms with Gasteiger partial charge in [0, 0.05) is 18.7 Å². The molecule has 0 bridgehead atoms. The molecular weight excluding hydrogens is 484 g/mol. The molecule has 0 spiro atoms. The number of amides is 1. The molecule has 0 unspecified atom stereocenters. The number of methoxy groups -OCH3 is 2. The number of aliphatic imine (C=N–C) groups is 1. The summed E-state index contributed by atoms with van der Waals surface area (Å²) in [5.41, 5.74) is 1.45. The number of carbonyl (C=O) groups excluding carboxylic acids is 1. The van der Waals surface area contributed by atoms with Crippen molar-refractivity contribution in [3.05, 3.63) is 67.1 Å². The van der Waals surface area contributed by atoms with Crippen LogP contribution in [0.5, 0.6) is 17.4 Å². The molecule has 3 heterocycles. The van der Waals surface area contributed by atoms with Crippen molar-refractivity contribution in [1.29, 1.82) is 0 Å². The molecule has 0 aliphatic carbocycles. The maximum absolute atomic E-state index is 12.5. The van der Waals surface area contributed by atoms with E-state index in [0.717, 1.165) is 26.7 Å². The summed E-state index contributed by atoms with van der Waals surface area (Å²) in [4.78, 5) is 35.9. The Labute approximate surface area is 210 Å². The first-order chi connectivity index (χ1) is 17.5. The monoisotopic (exact) mass is 508 g/mol. The third-order valence-corrected chi connectivity index (χ3v) is 6.86. The highest BCUT2D eigenvalue weighted by Gasteiger charge is 2.21. The SMILES string of the molecule is COc1ccc(C2=Nc3c/c(=C/c4sc(=O)n(CC(=O)N5CCOCC5)c4O)ccc3=N2)cc1OC. The first-order valence-electron chi connectivity index (χ1n) is 11.3. The zero-order valence-electron chi connectivity index (χ0n) is 19.8. The van der Waals surface area contributed by atoms with Crippen LogP contribution >= 0.6 is 11.3 Å². The first kappa shape index (κ1) is 23.8. The molecule has 2 aromatic carbocycles. The van der Waals surface area contributed by atoms with E-state index in [-0.39, 0.29) is 18.3 Å². The van der Waals surface area contributed by atoms with Crippen LogP contribution in [0, 0.1) is 0 Å². The number of aromatic nitrogens is 1. The van der Waals surface area contributed by atoms with E-state index in [1.165, 1.54) is 0 Å². The Morgan fingerprint density at radius 1 is 1.11 bits per heavy atom. The standard InChI is InChI=1S/C25H24N4O6S/c1-33-19-6-4-16(13-20(19)34-2)23-26-17-5-3-15(11-18(17)27-23)12-21-24(31)29(25(32)36-21)14-22(30)28-7-9-35-10-8-28/h3-6,11-13,31H,7-10,14H2,1-2H3/b15-12+. The summed E-state index contributed by atoms with van der Waals surface area (Å²) in [6.45, 7) is 1.68. The Kier molecular flexibility index (Phi) is 6.57. The van der Waals surface area contributed by atoms with E-state index in [1.54, 1.807) is 31.3 Å². The Balaban J connectivity index is 1.41. The number of amidine groups is 1. The predicted octanol–water partition coefficient (Wildman–Crippen LogP) is 1.03. The molecule has 1 N–H and O–H groups in total. The third-order valence-electron chi connectivity index (χ3n) is 5.94. The van der Waals surface area contributed by atoms with Crippen molar-refractivity contribution in [2.45, 2.75) is 6.54 Å². The molecule has 1 fully saturated rings. The van der Waals surface area contributed by atoms with E-state index < -0.39 is 4.87 Å². The molecule has 2 aliphatic heterocycles. The summed E-state index contributed by atoms with van der Waals surface area (Å²) in [7, 11) is 3.15. The van der Waals surface area contributed by atoms with Crippen molar-refractivity contribution in [1.82, 2.24) is 9.47 Å². The number of ether oxygens (including phenoxy) is 3. The second-order valence-electron chi connectivity index (χ2n) is 8.14. The number of hydrogen-bond donors (Lipinski definition) is 1. The van der Waals surface area contributed by atoms with E-state index >= 15 is 0 Å². The van der Waals surface area contributed by atoms with Gasteiger partial charge in [-0.1, -0.05) is 17.4 Å². The summed E-state index contributed by atoms with van der Waals surface area (Å²) >= 11 is 0.884. The van der Waals surface area contributed by atoms with Gasteiger partial charge in [-0.15, -0.1) is 0 Å². The molecule has 0 radical (unpaired) electrons. The number of aromatic hydroxyl groups is 1. The summed E-state index contributed by atoms with van der Waals surface area (Å²) < 4.78 is 17.0. The maximum Gasteiger partial charge on any atom is 0.311 e. The fraction of sp³-hybridized carbons (Fsp3) is 0.280. The lowest BCUT2D eigenvalue weighted by Crippen LogP contribution is -2.43. The summed E-state index contributed by atoms with van der Waals surface area (Å²) in [6, 6.07) is 11.0. The van der Waals surface area contributed by atoms with E-state index in [0.29, 0.717) is 59.6 Å². The Morgan fingerprint density at radius 3 is 2.64 bits per heavy atom. The number of benzene rings is 2. The molecule has 3 aromatic rings. The fourth-order valence-electron chi connectivity index (χ4n) is 4.02. The van der Waals surface area contributed by atoms with Gasteiger partial charge in [0.1, 0.15) is 6.54 Å². The molecular formula is C25H24N4O6S. The summed E-state index contributed by atoms with van der Waals surface area (Å²) in [6.07, 6.45) is 1.70. The second kappa shape index (κ2) is 9.96. The van der Waals surface area contributed by atoms with E-state index in [1.807, 2.05) is 30.3 Å². The zero-order chi connectivity index (χ0) is 25.2. The largest absolute Gasteiger partial charge is 0.493 e. The Hall–Kier alpha value is -3.96. The molecule has 11 heteroatoms. The quantitative estimate of drug-likeness (QED) is 0.532. The lowest BCUT2D eigenvalue weighted by Gasteiger charge is -2.26. The van der Waals surface area contributed by atoms with Crippen molar-refractivity contribution < 1.29 is 24.1 Å². The molecule has 0 saturated carbocycles. The van der Waals surface area contributed by atoms with Crippen molar-refractivity contribution in [3.63, 3.8) is 0 Å². The normalized spacial score (nSPS) is 15.3. The highest BCUT2D eigenvalue weighted by Crippen LogP contribution is 2.29. The van der Waals surface area contributed by atoms with Crippen molar-refractivity contribution in [2.75, 3.05) is 40.5 Å². The van der Waals surface area contributed by atoms with Gasteiger partial charge in [-0.2, -0.15) is 0 Å². The number of carbonyl (C=O) groups is 1. The topological polar surface area (TPSA) is 115 Å². The minimum absolute atomic E-state index is 0.211. The molecule has 36 heavy (non-hydrogen) atoms. The lowest BCUT2D eigenvalue weighted by molar-refractivity contribution is -0.136. The summed E-state index contributed by atoms with van der Waals surface area (Å²) in [5.74, 6) is 1.29. The highest BCUT2D eigenvalue weighted by atomic mass is 32.1. The third kappa shape index (κ3) is 4.62. The molecule has 10 nitrogen and oxygen atoms in total. The van der Waals surface area contributed by atoms with Gasteiger partial charge in [-0.25, -0.2) is 9.98 Å². The number of thiazole rings is 1. The van der Waals surface area contributed by atoms with Gasteiger partial charge in [0.05, 0.1) is 43.4 Å². The van der Waals surface area contributed by atoms with Crippen LogP contribution in [0.3, 0.4) is 0 Å². The van der Waals surface area contributed by atoms with Crippen LogP contribution in [0.2, 0.25) is 0 Å². The lowest BCUT2D eigenvalue weighted by atomic mass is 10.2. The van der Waals surface area contributed by atoms with Crippen LogP contribution in [0.15, 0.2) is 51.2 Å². The van der Waals surface area contributed by atoms with Gasteiger partial charge in [0.15, 0.2) is 17.3 Å². The molecule has 186 valence electrons. The highest BCUT2D eigenvalue weighted by molar-refractivity contribution is 7.10. The van der Waals surface area contributed by atoms with Gasteiger partial charge < -0.3 is 24.2 Å². The summed E-state index contributed by atoms with van der Waals surface area (Å²) in [5, 5.41) is 12.1. The fourth-order valence-corrected chi connectivity index (χ4v) is 4.86. The average molecular weight is 509 g/mol. The van der Waals surface area contributed by atoms with E-state index in [4.69, 9.17) is 14.2 Å². The van der Waals surface area contributed by atoms with Gasteiger partial charge in [-0.05, 0) is 41.6 Å². The van der Waals surface area contributed by atoms with Crippen LogP contribution in [-0.2, 0) is 16.1 Å². The molecule has 2 aliphatic rings. The molecule has 1 amide bonds. The van der Waals surface area contributed by atoms with Crippen molar-refractivity contribution >= 4 is 34.8 Å². The predicted molar refractivity (Wildman–Crippen MR) is 134 cm³/mol. The van der Waals surface area contributed by atoms with Crippen molar-refractivity contribution in [2.24, 2.45) is 9.98 Å². The minimum atomic E-state index is -0.398. The van der Waals surface area contributed by atoms with Crippen LogP contribution in [0.4, 0.5) is 5.69 Å². The van der Waals surface area contributed by atoms with Gasteiger partial charge in [-0.3, -0.25) is 14.2 Å². The second-order valence-corrected chi connectivity index (χ2v) is 9.14. The first-order valence-corrected chi connectivity index (χ1v) is 12.1. The molecule has 1 saturated heterocycles. The Morgan fingerprint density at radius 2 is 1.89 bits per heavy atom. The number of fused-ring (bicyclic) bond motifs is 1. The van der Waals surface area contributed by atoms with E-state index in [2.05, 4.69) is 9.98 Å². The number of nitrogens with zero attached hydrogens (tertiary/aromatic N) is 4. The van der Waals surface area contributed by atoms with Gasteiger partial charge in [0.25, 0.3) is 0 Å². The van der Waals surface area contributed by atoms with Gasteiger partial charge >= 0.3 is 4.87 Å². The molecule has 1 aromatic heterocycles. The molecule has 0 atom stereocenters. The van der Waals surface area contributed by atoms with Gasteiger partial charge in [0.2, 0.25) is 11.8 Å². The number of rotatable bonds is 6.